The Morgan fingerprint density at radius 1 is 0.375 bits per heavy atom. The number of nitrogens with zero attached hydrogens (tertiary/aromatic N) is 5. The maximum Gasteiger partial charge on any atom is 0.164 e. The van der Waals surface area contributed by atoms with Crippen LogP contribution < -0.4 is 4.90 Å². The van der Waals surface area contributed by atoms with Gasteiger partial charge in [-0.05, 0) is 99.6 Å². The van der Waals surface area contributed by atoms with Crippen molar-refractivity contribution in [2.24, 2.45) is 0 Å². The summed E-state index contributed by atoms with van der Waals surface area (Å²) in [7, 11) is 0. The van der Waals surface area contributed by atoms with Gasteiger partial charge in [0.05, 0.1) is 29.3 Å². The van der Waals surface area contributed by atoms with Crippen LogP contribution in [0.1, 0.15) is 6.85 Å². The first-order valence-electron chi connectivity index (χ1n) is 23.8. The predicted octanol–water partition coefficient (Wildman–Crippen LogP) is 15.4. The Morgan fingerprint density at radius 3 is 1.89 bits per heavy atom. The highest BCUT2D eigenvalue weighted by Crippen LogP contribution is 2.53. The molecule has 0 saturated heterocycles. The fourth-order valence-corrected chi connectivity index (χ4v) is 9.64. The second-order valence-corrected chi connectivity index (χ2v) is 16.0. The van der Waals surface area contributed by atoms with E-state index in [1.807, 2.05) is 36.4 Å². The number of aromatic nitrogens is 4. The SMILES string of the molecule is [2H]c1c([2H])c([2H])c(-c2cccc(-c3nc(-c4ccc(N5c6ccc7ccccc7c6-c6cccc7cccc5c67)cc4)nc(-c4cccc5c4c4ccccc4n5-c4ccccc4)n3)c2)c([2H])c1[2H]. The summed E-state index contributed by atoms with van der Waals surface area (Å²) in [6.45, 7) is 0. The Kier molecular flexibility index (Phi) is 7.06. The van der Waals surface area contributed by atoms with E-state index < -0.39 is 18.1 Å². The zero-order valence-electron chi connectivity index (χ0n) is 39.2. The Balaban J connectivity index is 1.01. The van der Waals surface area contributed by atoms with Gasteiger partial charge in [-0.1, -0.05) is 158 Å². The van der Waals surface area contributed by atoms with E-state index in [4.69, 9.17) is 21.8 Å². The van der Waals surface area contributed by atoms with E-state index in [-0.39, 0.29) is 17.6 Å². The van der Waals surface area contributed by atoms with Gasteiger partial charge in [0.25, 0.3) is 0 Å². The van der Waals surface area contributed by atoms with Crippen LogP contribution in [0.4, 0.5) is 17.1 Å². The third-order valence-corrected chi connectivity index (χ3v) is 12.4. The lowest BCUT2D eigenvalue weighted by atomic mass is 9.87. The zero-order chi connectivity index (χ0) is 46.5. The van der Waals surface area contributed by atoms with E-state index >= 15 is 0 Å². The van der Waals surface area contributed by atoms with E-state index in [2.05, 4.69) is 149 Å². The van der Waals surface area contributed by atoms with Crippen molar-refractivity contribution in [3.05, 3.63) is 224 Å². The molecule has 0 fully saturated rings. The molecule has 0 saturated carbocycles. The fourth-order valence-electron chi connectivity index (χ4n) is 9.64. The molecule has 64 heavy (non-hydrogen) atoms. The van der Waals surface area contributed by atoms with Crippen molar-refractivity contribution in [1.29, 1.82) is 0 Å². The van der Waals surface area contributed by atoms with Crippen LogP contribution in [0.15, 0.2) is 224 Å². The second kappa shape index (κ2) is 14.5. The number of anilines is 3. The minimum absolute atomic E-state index is 0.108. The van der Waals surface area contributed by atoms with Crippen LogP contribution in [0.2, 0.25) is 0 Å². The number of rotatable bonds is 6. The monoisotopic (exact) mass is 820 g/mol. The van der Waals surface area contributed by atoms with Crippen molar-refractivity contribution in [3.63, 3.8) is 0 Å². The molecule has 298 valence electrons. The summed E-state index contributed by atoms with van der Waals surface area (Å²) in [4.78, 5) is 18.0. The van der Waals surface area contributed by atoms with Crippen LogP contribution in [-0.2, 0) is 0 Å². The van der Waals surface area contributed by atoms with Crippen LogP contribution in [-0.4, -0.2) is 19.5 Å². The van der Waals surface area contributed by atoms with E-state index in [0.29, 0.717) is 28.6 Å². The lowest BCUT2D eigenvalue weighted by Gasteiger charge is -2.34. The number of hydrogen-bond donors (Lipinski definition) is 0. The number of benzene rings is 10. The smallest absolute Gasteiger partial charge is 0.164 e. The first-order chi connectivity index (χ1) is 33.8. The van der Waals surface area contributed by atoms with Crippen LogP contribution in [0.25, 0.3) is 105 Å². The molecular weight excluding hydrogens is 779 g/mol. The van der Waals surface area contributed by atoms with Crippen LogP contribution in [0.5, 0.6) is 0 Å². The number of para-hydroxylation sites is 2. The second-order valence-electron chi connectivity index (χ2n) is 16.0. The van der Waals surface area contributed by atoms with E-state index in [0.717, 1.165) is 55.7 Å². The topological polar surface area (TPSA) is 46.8 Å². The molecule has 13 rings (SSSR count). The maximum absolute atomic E-state index is 8.76. The summed E-state index contributed by atoms with van der Waals surface area (Å²) in [6, 6.07) is 64.7. The Bertz CT molecular complexity index is 4060. The van der Waals surface area contributed by atoms with Crippen LogP contribution >= 0.6 is 0 Å². The van der Waals surface area contributed by atoms with Crippen molar-refractivity contribution in [1.82, 2.24) is 19.5 Å². The van der Waals surface area contributed by atoms with Crippen molar-refractivity contribution in [2.45, 2.75) is 0 Å². The quantitative estimate of drug-likeness (QED) is 0.168. The molecule has 3 heterocycles. The summed E-state index contributed by atoms with van der Waals surface area (Å²) in [5.74, 6) is 1.29. The average Bonchev–Trinajstić information content (AvgIpc) is 3.75. The molecular formula is C59H37N5. The van der Waals surface area contributed by atoms with Gasteiger partial charge in [0.2, 0.25) is 0 Å². The maximum atomic E-state index is 8.76. The molecule has 2 aromatic heterocycles. The third-order valence-electron chi connectivity index (χ3n) is 12.4. The number of fused-ring (bicyclic) bond motifs is 7. The van der Waals surface area contributed by atoms with Gasteiger partial charge in [-0.25, -0.2) is 15.0 Å². The van der Waals surface area contributed by atoms with Crippen LogP contribution in [0, 0.1) is 0 Å². The molecule has 0 aliphatic carbocycles. The summed E-state index contributed by atoms with van der Waals surface area (Å²) in [6.07, 6.45) is 0. The first kappa shape index (κ1) is 31.2. The lowest BCUT2D eigenvalue weighted by Crippen LogP contribution is -2.15. The molecule has 0 bridgehead atoms. The van der Waals surface area contributed by atoms with E-state index in [9.17, 15) is 0 Å². The molecule has 10 aromatic carbocycles. The molecule has 0 radical (unpaired) electrons. The fraction of sp³-hybridized carbons (Fsp3) is 0. The average molecular weight is 821 g/mol. The largest absolute Gasteiger partial charge is 0.309 e. The highest BCUT2D eigenvalue weighted by molar-refractivity contribution is 6.19. The summed E-state index contributed by atoms with van der Waals surface area (Å²) in [5, 5.41) is 6.80. The highest BCUT2D eigenvalue weighted by atomic mass is 15.2. The van der Waals surface area contributed by atoms with Crippen molar-refractivity contribution >= 4 is 60.4 Å². The Hall–Kier alpha value is -8.67. The molecule has 5 nitrogen and oxygen atoms in total. The van der Waals surface area contributed by atoms with Gasteiger partial charge in [-0.2, -0.15) is 0 Å². The molecule has 0 N–H and O–H groups in total. The summed E-state index contributed by atoms with van der Waals surface area (Å²) < 4.78 is 44.8. The first-order valence-corrected chi connectivity index (χ1v) is 21.3. The molecule has 1 aliphatic heterocycles. The van der Waals surface area contributed by atoms with Gasteiger partial charge in [-0.3, -0.25) is 0 Å². The number of hydrogen-bond acceptors (Lipinski definition) is 4. The molecule has 0 atom stereocenters. The van der Waals surface area contributed by atoms with E-state index in [1.165, 1.54) is 32.7 Å². The van der Waals surface area contributed by atoms with Gasteiger partial charge >= 0.3 is 0 Å². The van der Waals surface area contributed by atoms with Crippen molar-refractivity contribution < 1.29 is 6.85 Å². The Labute approximate surface area is 376 Å². The van der Waals surface area contributed by atoms with Gasteiger partial charge in [0.15, 0.2) is 17.5 Å². The van der Waals surface area contributed by atoms with Crippen molar-refractivity contribution in [3.8, 4) is 62.1 Å². The molecule has 0 unspecified atom stereocenters. The van der Waals surface area contributed by atoms with Crippen LogP contribution in [0.3, 0.4) is 0 Å². The minimum atomic E-state index is -0.440. The standard InChI is InChI=1S/C59H37N5/c1-3-15-38(16-4-1)42-20-11-21-43(37-42)58-60-57(61-59(62-58)49-27-14-30-52-56(49)47-25-9-10-28-50(47)63(52)44-22-5-2-6-23-44)41-31-34-45(35-32-41)64-51-29-13-19-40-18-12-26-48(54(40)51)55-46-24-8-7-17-39(46)33-36-53(55)64/h1-37H/i1D,3D,4D,15D,16D. The van der Waals surface area contributed by atoms with E-state index in [1.54, 1.807) is 18.2 Å². The normalized spacial score (nSPS) is 13.1. The summed E-state index contributed by atoms with van der Waals surface area (Å²) in [5.41, 5.74) is 11.4. The van der Waals surface area contributed by atoms with Gasteiger partial charge in [-0.15, -0.1) is 0 Å². The molecule has 0 amide bonds. The summed E-state index contributed by atoms with van der Waals surface area (Å²) >= 11 is 0. The third kappa shape index (κ3) is 5.68. The van der Waals surface area contributed by atoms with Gasteiger partial charge in [0.1, 0.15) is 0 Å². The molecule has 0 spiro atoms. The Morgan fingerprint density at radius 2 is 1.03 bits per heavy atom. The predicted molar refractivity (Wildman–Crippen MR) is 265 cm³/mol. The minimum Gasteiger partial charge on any atom is -0.309 e. The lowest BCUT2D eigenvalue weighted by molar-refractivity contribution is 1.08. The van der Waals surface area contributed by atoms with Crippen molar-refractivity contribution in [2.75, 3.05) is 4.90 Å². The molecule has 12 aromatic rings. The van der Waals surface area contributed by atoms with Gasteiger partial charge in [0, 0.05) is 49.8 Å². The highest BCUT2D eigenvalue weighted by Gasteiger charge is 2.28. The zero-order valence-corrected chi connectivity index (χ0v) is 34.2. The van der Waals surface area contributed by atoms with Gasteiger partial charge < -0.3 is 9.47 Å². The molecule has 5 heteroatoms. The molecule has 1 aliphatic rings.